The zero-order valence-electron chi connectivity index (χ0n) is 10.2. The van der Waals surface area contributed by atoms with Crippen molar-refractivity contribution in [2.24, 2.45) is 12.8 Å². The van der Waals surface area contributed by atoms with Crippen LogP contribution < -0.4 is 10.6 Å². The molecule has 0 unspecified atom stereocenters. The summed E-state index contributed by atoms with van der Waals surface area (Å²) in [5.74, 6) is 2.04. The van der Waals surface area contributed by atoms with Crippen LogP contribution in [0.3, 0.4) is 0 Å². The van der Waals surface area contributed by atoms with Gasteiger partial charge >= 0.3 is 0 Å². The van der Waals surface area contributed by atoms with Gasteiger partial charge in [0.25, 0.3) is 0 Å². The highest BCUT2D eigenvalue weighted by atomic mass is 32.2. The third-order valence-electron chi connectivity index (χ3n) is 2.45. The number of hydrogen-bond donors (Lipinski definition) is 2. The van der Waals surface area contributed by atoms with Gasteiger partial charge in [0.05, 0.1) is 11.3 Å². The van der Waals surface area contributed by atoms with Gasteiger partial charge in [-0.1, -0.05) is 0 Å². The van der Waals surface area contributed by atoms with Crippen LogP contribution in [-0.2, 0) is 7.05 Å². The predicted octanol–water partition coefficient (Wildman–Crippen LogP) is 0.812. The minimum absolute atomic E-state index is 0.0802. The molecule has 0 bridgehead atoms. The number of hydrogen-bond acceptors (Lipinski definition) is 4. The lowest BCUT2D eigenvalue weighted by Crippen LogP contribution is -2.26. The lowest BCUT2D eigenvalue weighted by atomic mass is 10.2. The topological polar surface area (TPSA) is 70.9 Å². The van der Waals surface area contributed by atoms with Crippen molar-refractivity contribution in [2.45, 2.75) is 6.92 Å². The first-order valence-electron chi connectivity index (χ1n) is 5.07. The van der Waals surface area contributed by atoms with Crippen LogP contribution >= 0.6 is 11.8 Å². The Hall–Kier alpha value is -1.17. The number of nitrogen functional groups attached to an aromatic ring is 1. The summed E-state index contributed by atoms with van der Waals surface area (Å²) in [4.78, 5) is 2.09. The van der Waals surface area contributed by atoms with E-state index in [0.29, 0.717) is 0 Å². The van der Waals surface area contributed by atoms with Gasteiger partial charge in [0.15, 0.2) is 0 Å². The first-order valence-corrected chi connectivity index (χ1v) is 6.46. The van der Waals surface area contributed by atoms with Gasteiger partial charge in [-0.15, -0.1) is 0 Å². The minimum Gasteiger partial charge on any atom is -0.384 e. The molecule has 0 aliphatic heterocycles. The molecule has 1 rings (SSSR count). The minimum atomic E-state index is 0.0802. The smallest absolute Gasteiger partial charge is 0.137 e. The molecule has 0 aromatic carbocycles. The van der Waals surface area contributed by atoms with Gasteiger partial charge in [-0.2, -0.15) is 16.9 Å². The molecule has 0 aliphatic rings. The van der Waals surface area contributed by atoms with Crippen molar-refractivity contribution in [2.75, 3.05) is 30.5 Å². The first kappa shape index (κ1) is 12.9. The second kappa shape index (κ2) is 5.25. The molecule has 1 aromatic heterocycles. The van der Waals surface area contributed by atoms with E-state index in [1.165, 1.54) is 0 Å². The molecular formula is C10H19N5S. The molecule has 5 nitrogen and oxygen atoms in total. The van der Waals surface area contributed by atoms with Crippen LogP contribution in [0, 0.1) is 12.3 Å². The Labute approximate surface area is 101 Å². The molecule has 0 spiro atoms. The summed E-state index contributed by atoms with van der Waals surface area (Å²) in [6, 6.07) is 0. The first-order chi connectivity index (χ1) is 7.49. The average Bonchev–Trinajstić information content (AvgIpc) is 2.50. The highest BCUT2D eigenvalue weighted by Crippen LogP contribution is 2.21. The predicted molar refractivity (Wildman–Crippen MR) is 70.6 cm³/mol. The van der Waals surface area contributed by atoms with Gasteiger partial charge < -0.3 is 10.6 Å². The van der Waals surface area contributed by atoms with E-state index < -0.39 is 0 Å². The Kier molecular flexibility index (Phi) is 4.23. The van der Waals surface area contributed by atoms with Crippen molar-refractivity contribution in [3.8, 4) is 0 Å². The summed E-state index contributed by atoms with van der Waals surface area (Å²) in [6.07, 6.45) is 2.08. The molecule has 16 heavy (non-hydrogen) atoms. The average molecular weight is 241 g/mol. The maximum absolute atomic E-state index is 7.59. The van der Waals surface area contributed by atoms with E-state index in [2.05, 4.69) is 16.3 Å². The maximum Gasteiger partial charge on any atom is 0.137 e. The Morgan fingerprint density at radius 3 is 2.75 bits per heavy atom. The molecule has 6 heteroatoms. The summed E-state index contributed by atoms with van der Waals surface area (Å²) in [6.45, 7) is 2.79. The number of thioether (sulfide) groups is 1. The summed E-state index contributed by atoms with van der Waals surface area (Å²) >= 11 is 1.80. The number of amidine groups is 1. The molecule has 0 aliphatic carbocycles. The van der Waals surface area contributed by atoms with Crippen LogP contribution in [0.5, 0.6) is 0 Å². The van der Waals surface area contributed by atoms with Crippen molar-refractivity contribution >= 4 is 23.4 Å². The third-order valence-corrected chi connectivity index (χ3v) is 3.04. The fraction of sp³-hybridized carbons (Fsp3) is 0.600. The highest BCUT2D eigenvalue weighted by molar-refractivity contribution is 7.98. The Bertz CT molecular complexity index is 385. The van der Waals surface area contributed by atoms with Crippen molar-refractivity contribution in [1.29, 1.82) is 5.41 Å². The van der Waals surface area contributed by atoms with E-state index in [1.807, 2.05) is 21.0 Å². The number of nitrogens with one attached hydrogen (secondary N) is 1. The van der Waals surface area contributed by atoms with Gasteiger partial charge in [0.1, 0.15) is 11.7 Å². The molecule has 0 saturated carbocycles. The number of aryl methyl sites for hydroxylation is 2. The summed E-state index contributed by atoms with van der Waals surface area (Å²) < 4.78 is 1.78. The number of anilines is 1. The van der Waals surface area contributed by atoms with Crippen LogP contribution in [0.25, 0.3) is 0 Å². The number of aromatic nitrogens is 2. The maximum atomic E-state index is 7.59. The standard InChI is InChI=1S/C10H19N5S/c1-7-8(9(11)12)10(15(3)13-7)14(2)5-6-16-4/h5-6H2,1-4H3,(H3,11,12). The number of nitrogens with zero attached hydrogens (tertiary/aromatic N) is 3. The fourth-order valence-electron chi connectivity index (χ4n) is 1.73. The van der Waals surface area contributed by atoms with Gasteiger partial charge in [-0.3, -0.25) is 10.1 Å². The Morgan fingerprint density at radius 1 is 1.62 bits per heavy atom. The Morgan fingerprint density at radius 2 is 2.25 bits per heavy atom. The summed E-state index contributed by atoms with van der Waals surface area (Å²) in [7, 11) is 3.88. The zero-order valence-corrected chi connectivity index (χ0v) is 11.1. The molecule has 0 radical (unpaired) electrons. The molecule has 90 valence electrons. The molecule has 0 atom stereocenters. The number of nitrogens with two attached hydrogens (primary N) is 1. The molecule has 1 aromatic rings. The SMILES string of the molecule is CSCCN(C)c1c(C(=N)N)c(C)nn1C. The highest BCUT2D eigenvalue weighted by Gasteiger charge is 2.18. The van der Waals surface area contributed by atoms with Crippen LogP contribution in [0.4, 0.5) is 5.82 Å². The van der Waals surface area contributed by atoms with Gasteiger partial charge in [-0.25, -0.2) is 0 Å². The second-order valence-corrected chi connectivity index (χ2v) is 4.72. The Balaban J connectivity index is 3.06. The summed E-state index contributed by atoms with van der Waals surface area (Å²) in [5.41, 5.74) is 7.14. The molecule has 0 amide bonds. The third kappa shape index (κ3) is 2.49. The van der Waals surface area contributed by atoms with Crippen molar-refractivity contribution in [3.05, 3.63) is 11.3 Å². The van der Waals surface area contributed by atoms with Crippen LogP contribution in [-0.4, -0.2) is 41.2 Å². The molecular weight excluding hydrogens is 222 g/mol. The van der Waals surface area contributed by atoms with Crippen LogP contribution in [0.1, 0.15) is 11.3 Å². The van der Waals surface area contributed by atoms with Crippen LogP contribution in [0.2, 0.25) is 0 Å². The van der Waals surface area contributed by atoms with Crippen molar-refractivity contribution in [1.82, 2.24) is 9.78 Å². The van der Waals surface area contributed by atoms with E-state index in [-0.39, 0.29) is 5.84 Å². The van der Waals surface area contributed by atoms with E-state index in [1.54, 1.807) is 16.4 Å². The zero-order chi connectivity index (χ0) is 12.3. The van der Waals surface area contributed by atoms with E-state index >= 15 is 0 Å². The van der Waals surface area contributed by atoms with E-state index in [0.717, 1.165) is 29.4 Å². The van der Waals surface area contributed by atoms with Crippen LogP contribution in [0.15, 0.2) is 0 Å². The normalized spacial score (nSPS) is 10.5. The van der Waals surface area contributed by atoms with Gasteiger partial charge in [0.2, 0.25) is 0 Å². The van der Waals surface area contributed by atoms with E-state index in [4.69, 9.17) is 11.1 Å². The van der Waals surface area contributed by atoms with Gasteiger partial charge in [0, 0.05) is 26.4 Å². The summed E-state index contributed by atoms with van der Waals surface area (Å²) in [5, 5.41) is 11.9. The number of rotatable bonds is 5. The quantitative estimate of drug-likeness (QED) is 0.591. The molecule has 0 saturated heterocycles. The molecule has 1 heterocycles. The lowest BCUT2D eigenvalue weighted by molar-refractivity contribution is 0.734. The molecule has 3 N–H and O–H groups in total. The largest absolute Gasteiger partial charge is 0.384 e. The van der Waals surface area contributed by atoms with Crippen molar-refractivity contribution < 1.29 is 0 Å². The lowest BCUT2D eigenvalue weighted by Gasteiger charge is -2.20. The van der Waals surface area contributed by atoms with Gasteiger partial charge in [-0.05, 0) is 13.2 Å². The monoisotopic (exact) mass is 241 g/mol. The van der Waals surface area contributed by atoms with E-state index in [9.17, 15) is 0 Å². The molecule has 0 fully saturated rings. The second-order valence-electron chi connectivity index (χ2n) is 3.74. The van der Waals surface area contributed by atoms with Crippen molar-refractivity contribution in [3.63, 3.8) is 0 Å². The fourth-order valence-corrected chi connectivity index (χ4v) is 2.19.